The van der Waals surface area contributed by atoms with Crippen molar-refractivity contribution >= 4 is 16.5 Å². The predicted octanol–water partition coefficient (Wildman–Crippen LogP) is 4.36. The maximum absolute atomic E-state index is 5.11. The molecular formula is C22H22N4O. The normalized spacial score (nSPS) is 11.0. The van der Waals surface area contributed by atoms with Crippen LogP contribution in [0.5, 0.6) is 0 Å². The molecule has 0 radical (unpaired) electrons. The predicted molar refractivity (Wildman–Crippen MR) is 110 cm³/mol. The summed E-state index contributed by atoms with van der Waals surface area (Å²) in [6.07, 6.45) is 7.74. The number of hydrogen-bond donors (Lipinski definition) is 1. The third-order valence-electron chi connectivity index (χ3n) is 4.63. The van der Waals surface area contributed by atoms with Gasteiger partial charge in [-0.25, -0.2) is 0 Å². The zero-order chi connectivity index (χ0) is 18.6. The molecule has 0 aliphatic carbocycles. The van der Waals surface area contributed by atoms with Crippen molar-refractivity contribution in [2.24, 2.45) is 7.05 Å². The Hall–Kier alpha value is -3.18. The van der Waals surface area contributed by atoms with E-state index in [9.17, 15) is 0 Å². The zero-order valence-electron chi connectivity index (χ0n) is 15.5. The molecule has 0 saturated carbocycles. The van der Waals surface area contributed by atoms with Crippen LogP contribution in [0.2, 0.25) is 0 Å². The van der Waals surface area contributed by atoms with Crippen molar-refractivity contribution in [3.05, 3.63) is 67.3 Å². The summed E-state index contributed by atoms with van der Waals surface area (Å²) in [6, 6.07) is 14.9. The van der Waals surface area contributed by atoms with Gasteiger partial charge in [0, 0.05) is 61.5 Å². The first-order chi connectivity index (χ1) is 13.2. The van der Waals surface area contributed by atoms with Gasteiger partial charge in [0.05, 0.1) is 12.8 Å². The van der Waals surface area contributed by atoms with E-state index in [-0.39, 0.29) is 0 Å². The summed E-state index contributed by atoms with van der Waals surface area (Å²) in [5, 5.41) is 9.95. The lowest BCUT2D eigenvalue weighted by molar-refractivity contribution is 0.211. The lowest BCUT2D eigenvalue weighted by Crippen LogP contribution is -2.07. The van der Waals surface area contributed by atoms with Crippen LogP contribution in [0.1, 0.15) is 0 Å². The summed E-state index contributed by atoms with van der Waals surface area (Å²) in [7, 11) is 3.64. The summed E-state index contributed by atoms with van der Waals surface area (Å²) in [5.41, 5.74) is 5.63. The van der Waals surface area contributed by atoms with E-state index >= 15 is 0 Å². The SMILES string of the molecule is COCCNc1ccc2cncc(-c3ccc(-c4cnn(C)c4)cc3)c2c1. The molecule has 0 bridgehead atoms. The molecule has 2 heterocycles. The highest BCUT2D eigenvalue weighted by Gasteiger charge is 2.07. The van der Waals surface area contributed by atoms with Crippen molar-refractivity contribution in [1.82, 2.24) is 14.8 Å². The Morgan fingerprint density at radius 3 is 2.52 bits per heavy atom. The molecule has 2 aromatic carbocycles. The topological polar surface area (TPSA) is 52.0 Å². The van der Waals surface area contributed by atoms with Crippen molar-refractivity contribution < 1.29 is 4.74 Å². The second kappa shape index (κ2) is 7.60. The van der Waals surface area contributed by atoms with Crippen molar-refractivity contribution in [2.45, 2.75) is 0 Å². The van der Waals surface area contributed by atoms with Crippen LogP contribution >= 0.6 is 0 Å². The van der Waals surface area contributed by atoms with E-state index in [1.807, 2.05) is 36.5 Å². The van der Waals surface area contributed by atoms with Gasteiger partial charge in [0.25, 0.3) is 0 Å². The van der Waals surface area contributed by atoms with Crippen molar-refractivity contribution in [3.8, 4) is 22.3 Å². The molecule has 5 heteroatoms. The van der Waals surface area contributed by atoms with Gasteiger partial charge < -0.3 is 10.1 Å². The second-order valence-corrected chi connectivity index (χ2v) is 6.52. The molecule has 0 atom stereocenters. The molecule has 4 aromatic rings. The summed E-state index contributed by atoms with van der Waals surface area (Å²) in [6.45, 7) is 1.46. The van der Waals surface area contributed by atoms with Crippen LogP contribution in [0.15, 0.2) is 67.3 Å². The number of nitrogens with one attached hydrogen (secondary N) is 1. The van der Waals surface area contributed by atoms with Gasteiger partial charge in [-0.05, 0) is 28.6 Å². The summed E-state index contributed by atoms with van der Waals surface area (Å²) < 4.78 is 6.93. The number of methoxy groups -OCH3 is 1. The van der Waals surface area contributed by atoms with E-state index in [1.165, 1.54) is 5.39 Å². The Morgan fingerprint density at radius 2 is 1.78 bits per heavy atom. The molecule has 0 unspecified atom stereocenters. The van der Waals surface area contributed by atoms with Crippen LogP contribution in [-0.4, -0.2) is 35.0 Å². The number of ether oxygens (including phenoxy) is 1. The highest BCUT2D eigenvalue weighted by molar-refractivity contribution is 5.97. The van der Waals surface area contributed by atoms with Crippen LogP contribution in [0, 0.1) is 0 Å². The lowest BCUT2D eigenvalue weighted by atomic mass is 9.98. The van der Waals surface area contributed by atoms with Gasteiger partial charge in [0.1, 0.15) is 0 Å². The number of nitrogens with zero attached hydrogens (tertiary/aromatic N) is 3. The highest BCUT2D eigenvalue weighted by atomic mass is 16.5. The Morgan fingerprint density at radius 1 is 0.963 bits per heavy atom. The molecule has 0 fully saturated rings. The Balaban J connectivity index is 1.68. The number of aromatic nitrogens is 3. The Kier molecular flexibility index (Phi) is 4.85. The van der Waals surface area contributed by atoms with Crippen LogP contribution in [0.3, 0.4) is 0 Å². The average Bonchev–Trinajstić information content (AvgIpc) is 3.14. The molecule has 4 rings (SSSR count). The van der Waals surface area contributed by atoms with E-state index in [0.717, 1.165) is 39.9 Å². The minimum absolute atomic E-state index is 0.678. The number of aryl methyl sites for hydroxylation is 1. The lowest BCUT2D eigenvalue weighted by Gasteiger charge is -2.11. The monoisotopic (exact) mass is 358 g/mol. The first-order valence-electron chi connectivity index (χ1n) is 8.94. The van der Waals surface area contributed by atoms with Crippen molar-refractivity contribution in [1.29, 1.82) is 0 Å². The Bertz CT molecular complexity index is 1050. The molecule has 0 aliphatic rings. The van der Waals surface area contributed by atoms with E-state index < -0.39 is 0 Å². The number of benzene rings is 2. The largest absolute Gasteiger partial charge is 0.383 e. The molecule has 1 N–H and O–H groups in total. The second-order valence-electron chi connectivity index (χ2n) is 6.52. The summed E-state index contributed by atoms with van der Waals surface area (Å²) in [5.74, 6) is 0. The van der Waals surface area contributed by atoms with Gasteiger partial charge in [-0.3, -0.25) is 9.67 Å². The molecule has 27 heavy (non-hydrogen) atoms. The number of rotatable bonds is 6. The van der Waals surface area contributed by atoms with Crippen molar-refractivity contribution in [3.63, 3.8) is 0 Å². The van der Waals surface area contributed by atoms with Gasteiger partial charge in [0.2, 0.25) is 0 Å². The fraction of sp³-hybridized carbons (Fsp3) is 0.182. The van der Waals surface area contributed by atoms with E-state index in [4.69, 9.17) is 4.74 Å². The van der Waals surface area contributed by atoms with Gasteiger partial charge in [-0.1, -0.05) is 30.3 Å². The third-order valence-corrected chi connectivity index (χ3v) is 4.63. The molecular weight excluding hydrogens is 336 g/mol. The van der Waals surface area contributed by atoms with Gasteiger partial charge in [-0.2, -0.15) is 5.10 Å². The van der Waals surface area contributed by atoms with E-state index in [1.54, 1.807) is 7.11 Å². The molecule has 0 spiro atoms. The van der Waals surface area contributed by atoms with Gasteiger partial charge >= 0.3 is 0 Å². The molecule has 136 valence electrons. The average molecular weight is 358 g/mol. The quantitative estimate of drug-likeness (QED) is 0.520. The fourth-order valence-electron chi connectivity index (χ4n) is 3.21. The van der Waals surface area contributed by atoms with E-state index in [2.05, 4.69) is 57.9 Å². The molecule has 5 nitrogen and oxygen atoms in total. The molecule has 0 saturated heterocycles. The maximum Gasteiger partial charge on any atom is 0.0635 e. The third kappa shape index (κ3) is 3.68. The summed E-state index contributed by atoms with van der Waals surface area (Å²) >= 11 is 0. The number of anilines is 1. The first kappa shape index (κ1) is 17.2. The number of fused-ring (bicyclic) bond motifs is 1. The highest BCUT2D eigenvalue weighted by Crippen LogP contribution is 2.31. The smallest absolute Gasteiger partial charge is 0.0635 e. The zero-order valence-corrected chi connectivity index (χ0v) is 15.5. The molecule has 2 aromatic heterocycles. The van der Waals surface area contributed by atoms with Crippen molar-refractivity contribution in [2.75, 3.05) is 25.6 Å². The minimum Gasteiger partial charge on any atom is -0.383 e. The van der Waals surface area contributed by atoms with Crippen LogP contribution in [0.4, 0.5) is 5.69 Å². The van der Waals surface area contributed by atoms with Crippen LogP contribution in [0.25, 0.3) is 33.0 Å². The molecule has 0 aliphatic heterocycles. The van der Waals surface area contributed by atoms with Gasteiger partial charge in [-0.15, -0.1) is 0 Å². The number of pyridine rings is 1. The number of hydrogen-bond acceptors (Lipinski definition) is 4. The summed E-state index contributed by atoms with van der Waals surface area (Å²) in [4.78, 5) is 4.42. The van der Waals surface area contributed by atoms with E-state index in [0.29, 0.717) is 6.61 Å². The first-order valence-corrected chi connectivity index (χ1v) is 8.94. The van der Waals surface area contributed by atoms with Crippen LogP contribution < -0.4 is 5.32 Å². The van der Waals surface area contributed by atoms with Crippen LogP contribution in [-0.2, 0) is 11.8 Å². The fourth-order valence-corrected chi connectivity index (χ4v) is 3.21. The molecule has 0 amide bonds. The standard InChI is InChI=1S/C22H22N4O/c1-26-15-19(13-25-26)16-3-5-17(6-4-16)22-14-23-12-18-7-8-20(11-21(18)22)24-9-10-27-2/h3-8,11-15,24H,9-10H2,1-2H3. The van der Waals surface area contributed by atoms with Gasteiger partial charge in [0.15, 0.2) is 0 Å². The minimum atomic E-state index is 0.678. The maximum atomic E-state index is 5.11. The Labute approximate surface area is 158 Å².